The molecule has 0 aliphatic carbocycles. The first-order chi connectivity index (χ1) is 5.31. The maximum Gasteiger partial charge on any atom is 0.143 e. The molecule has 1 rings (SSSR count). The van der Waals surface area contributed by atoms with Crippen molar-refractivity contribution in [2.45, 2.75) is 0 Å². The van der Waals surface area contributed by atoms with E-state index in [1.165, 1.54) is 10.7 Å². The molecule has 11 heavy (non-hydrogen) atoms. The van der Waals surface area contributed by atoms with Crippen LogP contribution in [-0.4, -0.2) is 11.4 Å². The highest BCUT2D eigenvalue weighted by atomic mass is 32.1. The zero-order valence-corrected chi connectivity index (χ0v) is 7.61. The fourth-order valence-electron chi connectivity index (χ4n) is 0.317. The third-order valence-corrected chi connectivity index (χ3v) is 1.96. The normalized spacial score (nSPS) is 8.36. The van der Waals surface area contributed by atoms with Crippen molar-refractivity contribution < 1.29 is 5.21 Å². The van der Waals surface area contributed by atoms with Gasteiger partial charge in [0.1, 0.15) is 12.3 Å². The van der Waals surface area contributed by atoms with E-state index in [9.17, 15) is 0 Å². The molecule has 0 bridgehead atoms. The predicted octanol–water partition coefficient (Wildman–Crippen LogP) is 1.22. The highest BCUT2D eigenvalue weighted by Crippen LogP contribution is 1.96. The van der Waals surface area contributed by atoms with E-state index in [0.717, 1.165) is 6.21 Å². The summed E-state index contributed by atoms with van der Waals surface area (Å²) in [5.74, 6) is 0. The lowest BCUT2D eigenvalue weighted by atomic mass is 10.7. The van der Waals surface area contributed by atoms with Crippen molar-refractivity contribution in [1.29, 1.82) is 5.26 Å². The lowest BCUT2D eigenvalue weighted by Gasteiger charge is -1.65. The van der Waals surface area contributed by atoms with E-state index in [1.807, 2.05) is 6.07 Å². The van der Waals surface area contributed by atoms with Crippen LogP contribution in [-0.2, 0) is 0 Å². The Hall–Kier alpha value is -0.910. The van der Waals surface area contributed by atoms with Gasteiger partial charge >= 0.3 is 0 Å². The summed E-state index contributed by atoms with van der Waals surface area (Å²) in [6, 6.07) is 5.58. The number of nitriles is 1. The molecule has 1 aromatic rings. The average molecular weight is 186 g/mol. The molecule has 0 saturated heterocycles. The average Bonchev–Trinajstić information content (AvgIpc) is 2.43. The topological polar surface area (TPSA) is 56.4 Å². The Bertz CT molecular complexity index is 240. The van der Waals surface area contributed by atoms with E-state index in [4.69, 9.17) is 10.5 Å². The molecule has 0 amide bonds. The summed E-state index contributed by atoms with van der Waals surface area (Å²) in [5.41, 5.74) is 0. The zero-order chi connectivity index (χ0) is 8.53. The standard InChI is InChI=1S/C4H5PS.C2H2N2O/c5-4-2-1-3-6-4;3-1-2-4-5/h1-3H,5H2;2,5H. The van der Waals surface area contributed by atoms with Crippen LogP contribution in [0, 0.1) is 11.3 Å². The Morgan fingerprint density at radius 1 is 1.82 bits per heavy atom. The summed E-state index contributed by atoms with van der Waals surface area (Å²) >= 11 is 1.74. The van der Waals surface area contributed by atoms with Crippen LogP contribution in [0.1, 0.15) is 0 Å². The lowest BCUT2D eigenvalue weighted by molar-refractivity contribution is 0.322. The van der Waals surface area contributed by atoms with Gasteiger partial charge in [-0.3, -0.25) is 0 Å². The molecular formula is C6H7N2OPS. The van der Waals surface area contributed by atoms with E-state index in [2.05, 4.69) is 25.8 Å². The van der Waals surface area contributed by atoms with Gasteiger partial charge in [0, 0.05) is 4.62 Å². The Labute approximate surface area is 71.2 Å². The smallest absolute Gasteiger partial charge is 0.143 e. The van der Waals surface area contributed by atoms with Crippen molar-refractivity contribution in [1.82, 2.24) is 0 Å². The molecule has 0 aliphatic heterocycles. The first kappa shape index (κ1) is 10.1. The third-order valence-electron chi connectivity index (χ3n) is 0.659. The molecule has 0 radical (unpaired) electrons. The molecular weight excluding hydrogens is 179 g/mol. The Kier molecular flexibility index (Phi) is 6.60. The Morgan fingerprint density at radius 2 is 2.55 bits per heavy atom. The number of hydrogen-bond donors (Lipinski definition) is 1. The van der Waals surface area contributed by atoms with Gasteiger partial charge in [-0.25, -0.2) is 0 Å². The summed E-state index contributed by atoms with van der Waals surface area (Å²) in [6.45, 7) is 0. The highest BCUT2D eigenvalue weighted by molar-refractivity contribution is 7.42. The van der Waals surface area contributed by atoms with Crippen molar-refractivity contribution in [3.05, 3.63) is 17.5 Å². The molecule has 1 N–H and O–H groups in total. The van der Waals surface area contributed by atoms with Gasteiger partial charge in [-0.1, -0.05) is 20.5 Å². The van der Waals surface area contributed by atoms with E-state index < -0.39 is 0 Å². The fraction of sp³-hybridized carbons (Fsp3) is 0. The number of nitrogens with zero attached hydrogens (tertiary/aromatic N) is 2. The van der Waals surface area contributed by atoms with Crippen LogP contribution in [0.5, 0.6) is 0 Å². The SMILES string of the molecule is N#CC=NO.Pc1cccs1. The third kappa shape index (κ3) is 6.98. The van der Waals surface area contributed by atoms with Crippen molar-refractivity contribution in [3.63, 3.8) is 0 Å². The Balaban J connectivity index is 0.000000187. The molecule has 0 spiro atoms. The van der Waals surface area contributed by atoms with Crippen molar-refractivity contribution in [2.75, 3.05) is 0 Å². The largest absolute Gasteiger partial charge is 0.410 e. The highest BCUT2D eigenvalue weighted by Gasteiger charge is 1.74. The van der Waals surface area contributed by atoms with Crippen molar-refractivity contribution in [3.8, 4) is 6.07 Å². The summed E-state index contributed by atoms with van der Waals surface area (Å²) in [6.07, 6.45) is 0.736. The summed E-state index contributed by atoms with van der Waals surface area (Å²) in [7, 11) is 2.63. The lowest BCUT2D eigenvalue weighted by Crippen LogP contribution is -1.68. The number of rotatable bonds is 0. The first-order valence-corrected chi connectivity index (χ1v) is 4.11. The van der Waals surface area contributed by atoms with Crippen LogP contribution in [0.25, 0.3) is 0 Å². The Morgan fingerprint density at radius 3 is 2.64 bits per heavy atom. The summed E-state index contributed by atoms with van der Waals surface area (Å²) < 4.78 is 1.30. The van der Waals surface area contributed by atoms with E-state index >= 15 is 0 Å². The monoisotopic (exact) mass is 186 g/mol. The van der Waals surface area contributed by atoms with Gasteiger partial charge in [-0.15, -0.1) is 11.3 Å². The molecule has 3 nitrogen and oxygen atoms in total. The second-order valence-corrected chi connectivity index (χ2v) is 3.41. The van der Waals surface area contributed by atoms with Crippen molar-refractivity contribution in [2.24, 2.45) is 5.16 Å². The quantitative estimate of drug-likeness (QED) is 0.286. The zero-order valence-electron chi connectivity index (χ0n) is 5.64. The molecule has 0 aliphatic rings. The molecule has 0 aromatic carbocycles. The van der Waals surface area contributed by atoms with Gasteiger partial charge in [0.25, 0.3) is 0 Å². The second-order valence-electron chi connectivity index (χ2n) is 1.39. The molecule has 1 aromatic heterocycles. The van der Waals surface area contributed by atoms with Gasteiger partial charge in [-0.2, -0.15) is 5.26 Å². The van der Waals surface area contributed by atoms with Crippen LogP contribution in [0.15, 0.2) is 22.7 Å². The molecule has 0 saturated carbocycles. The van der Waals surface area contributed by atoms with Crippen LogP contribution in [0.2, 0.25) is 0 Å². The van der Waals surface area contributed by atoms with Crippen LogP contribution in [0.4, 0.5) is 0 Å². The van der Waals surface area contributed by atoms with E-state index in [0.29, 0.717) is 0 Å². The summed E-state index contributed by atoms with van der Waals surface area (Å²) in [4.78, 5) is 0. The minimum absolute atomic E-state index is 0.736. The fourth-order valence-corrected chi connectivity index (χ4v) is 1.14. The van der Waals surface area contributed by atoms with Gasteiger partial charge < -0.3 is 5.21 Å². The summed E-state index contributed by atoms with van der Waals surface area (Å²) in [5, 5.41) is 19.3. The van der Waals surface area contributed by atoms with E-state index in [1.54, 1.807) is 11.3 Å². The van der Waals surface area contributed by atoms with E-state index in [-0.39, 0.29) is 0 Å². The second kappa shape index (κ2) is 7.20. The molecule has 1 atom stereocenters. The van der Waals surface area contributed by atoms with Gasteiger partial charge in [0.2, 0.25) is 0 Å². The molecule has 5 heteroatoms. The predicted molar refractivity (Wildman–Crippen MR) is 49.6 cm³/mol. The van der Waals surface area contributed by atoms with Crippen LogP contribution in [0.3, 0.4) is 0 Å². The molecule has 1 heterocycles. The van der Waals surface area contributed by atoms with Gasteiger partial charge in [-0.05, 0) is 11.4 Å². The maximum atomic E-state index is 7.51. The van der Waals surface area contributed by atoms with Crippen LogP contribution < -0.4 is 4.62 Å². The molecule has 1 unspecified atom stereocenters. The minimum Gasteiger partial charge on any atom is -0.410 e. The first-order valence-electron chi connectivity index (χ1n) is 2.65. The maximum absolute atomic E-state index is 7.51. The molecule has 0 fully saturated rings. The van der Waals surface area contributed by atoms with Crippen LogP contribution >= 0.6 is 20.6 Å². The minimum atomic E-state index is 0.736. The number of oxime groups is 1. The van der Waals surface area contributed by atoms with Gasteiger partial charge in [0.05, 0.1) is 0 Å². The van der Waals surface area contributed by atoms with Gasteiger partial charge in [0.15, 0.2) is 0 Å². The molecule has 58 valence electrons. The van der Waals surface area contributed by atoms with Crippen molar-refractivity contribution >= 4 is 31.4 Å². The number of hydrogen-bond acceptors (Lipinski definition) is 4. The number of thiophene rings is 1.